The van der Waals surface area contributed by atoms with Crippen LogP contribution in [0.5, 0.6) is 0 Å². The number of nitrogens with zero attached hydrogens (tertiary/aromatic N) is 1. The molecule has 0 spiro atoms. The Bertz CT molecular complexity index is 522. The number of oxazole rings is 1. The SMILES string of the molecule is C=CCCOCCNc1nc2c(N)cccc2o1. The molecule has 5 nitrogen and oxygen atoms in total. The van der Waals surface area contributed by atoms with Gasteiger partial charge in [-0.2, -0.15) is 4.98 Å². The number of fused-ring (bicyclic) bond motifs is 1. The van der Waals surface area contributed by atoms with Crippen molar-refractivity contribution in [1.82, 2.24) is 4.98 Å². The molecule has 1 aromatic carbocycles. The maximum atomic E-state index is 5.79. The van der Waals surface area contributed by atoms with E-state index in [1.54, 1.807) is 6.07 Å². The Morgan fingerprint density at radius 1 is 1.44 bits per heavy atom. The van der Waals surface area contributed by atoms with Gasteiger partial charge in [0.2, 0.25) is 0 Å². The first kappa shape index (κ1) is 12.4. The summed E-state index contributed by atoms with van der Waals surface area (Å²) in [5, 5.41) is 3.05. The van der Waals surface area contributed by atoms with Gasteiger partial charge in [0.1, 0.15) is 5.52 Å². The van der Waals surface area contributed by atoms with E-state index in [1.165, 1.54) is 0 Å². The lowest BCUT2D eigenvalue weighted by molar-refractivity contribution is 0.148. The van der Waals surface area contributed by atoms with Crippen molar-refractivity contribution in [3.8, 4) is 0 Å². The monoisotopic (exact) mass is 247 g/mol. The van der Waals surface area contributed by atoms with Gasteiger partial charge in [0.25, 0.3) is 6.01 Å². The van der Waals surface area contributed by atoms with E-state index in [4.69, 9.17) is 14.9 Å². The van der Waals surface area contributed by atoms with Crippen molar-refractivity contribution in [2.24, 2.45) is 0 Å². The van der Waals surface area contributed by atoms with Crippen LogP contribution in [0.25, 0.3) is 11.1 Å². The van der Waals surface area contributed by atoms with E-state index in [-0.39, 0.29) is 0 Å². The lowest BCUT2D eigenvalue weighted by atomic mass is 10.3. The van der Waals surface area contributed by atoms with Crippen LogP contribution in [0, 0.1) is 0 Å². The van der Waals surface area contributed by atoms with E-state index in [2.05, 4.69) is 16.9 Å². The van der Waals surface area contributed by atoms with Crippen LogP contribution in [-0.4, -0.2) is 24.7 Å². The van der Waals surface area contributed by atoms with E-state index < -0.39 is 0 Å². The lowest BCUT2D eigenvalue weighted by Crippen LogP contribution is -2.09. The van der Waals surface area contributed by atoms with Crippen molar-refractivity contribution in [2.45, 2.75) is 6.42 Å². The van der Waals surface area contributed by atoms with Crippen molar-refractivity contribution in [3.63, 3.8) is 0 Å². The number of nitrogens with two attached hydrogens (primary N) is 1. The normalized spacial score (nSPS) is 10.7. The summed E-state index contributed by atoms with van der Waals surface area (Å²) in [6, 6.07) is 5.94. The Labute approximate surface area is 106 Å². The summed E-state index contributed by atoms with van der Waals surface area (Å²) >= 11 is 0. The first-order chi connectivity index (χ1) is 8.81. The molecule has 0 aliphatic heterocycles. The summed E-state index contributed by atoms with van der Waals surface area (Å²) in [4.78, 5) is 4.27. The number of para-hydroxylation sites is 1. The van der Waals surface area contributed by atoms with E-state index in [1.807, 2.05) is 18.2 Å². The highest BCUT2D eigenvalue weighted by atomic mass is 16.5. The van der Waals surface area contributed by atoms with E-state index in [0.717, 1.165) is 6.42 Å². The highest BCUT2D eigenvalue weighted by Crippen LogP contribution is 2.23. The number of nitrogen functional groups attached to an aromatic ring is 1. The maximum Gasteiger partial charge on any atom is 0.295 e. The average Bonchev–Trinajstić information content (AvgIpc) is 2.78. The summed E-state index contributed by atoms with van der Waals surface area (Å²) in [5.41, 5.74) is 7.78. The molecular formula is C13H17N3O2. The molecule has 0 radical (unpaired) electrons. The van der Waals surface area contributed by atoms with Gasteiger partial charge in [-0.25, -0.2) is 0 Å². The van der Waals surface area contributed by atoms with Crippen molar-refractivity contribution in [3.05, 3.63) is 30.9 Å². The highest BCUT2D eigenvalue weighted by molar-refractivity contribution is 5.86. The topological polar surface area (TPSA) is 73.3 Å². The minimum Gasteiger partial charge on any atom is -0.423 e. The molecule has 0 saturated carbocycles. The van der Waals surface area contributed by atoms with Crippen molar-refractivity contribution in [1.29, 1.82) is 0 Å². The van der Waals surface area contributed by atoms with E-state index in [0.29, 0.717) is 42.6 Å². The lowest BCUT2D eigenvalue weighted by Gasteiger charge is -2.02. The number of nitrogens with one attached hydrogen (secondary N) is 1. The van der Waals surface area contributed by atoms with Gasteiger partial charge >= 0.3 is 0 Å². The van der Waals surface area contributed by atoms with Gasteiger partial charge in [0.05, 0.1) is 18.9 Å². The van der Waals surface area contributed by atoms with Crippen LogP contribution in [0.2, 0.25) is 0 Å². The molecular weight excluding hydrogens is 230 g/mol. The van der Waals surface area contributed by atoms with Gasteiger partial charge in [0.15, 0.2) is 5.58 Å². The fraction of sp³-hybridized carbons (Fsp3) is 0.308. The molecule has 0 amide bonds. The highest BCUT2D eigenvalue weighted by Gasteiger charge is 2.06. The Morgan fingerprint density at radius 3 is 3.11 bits per heavy atom. The number of rotatable bonds is 7. The largest absolute Gasteiger partial charge is 0.423 e. The fourth-order valence-corrected chi connectivity index (χ4v) is 1.54. The second-order valence-corrected chi connectivity index (χ2v) is 3.83. The van der Waals surface area contributed by atoms with E-state index in [9.17, 15) is 0 Å². The predicted molar refractivity (Wildman–Crippen MR) is 72.5 cm³/mol. The number of hydrogen-bond donors (Lipinski definition) is 2. The molecule has 0 aliphatic rings. The average molecular weight is 247 g/mol. The van der Waals surface area contributed by atoms with Crippen LogP contribution in [0.4, 0.5) is 11.7 Å². The zero-order valence-corrected chi connectivity index (χ0v) is 10.2. The van der Waals surface area contributed by atoms with E-state index >= 15 is 0 Å². The number of aromatic nitrogens is 1. The second-order valence-electron chi connectivity index (χ2n) is 3.83. The number of benzene rings is 1. The zero-order chi connectivity index (χ0) is 12.8. The van der Waals surface area contributed by atoms with Crippen LogP contribution in [0.15, 0.2) is 35.3 Å². The Morgan fingerprint density at radius 2 is 2.33 bits per heavy atom. The molecule has 2 rings (SSSR count). The Kier molecular flexibility index (Phi) is 4.20. The fourth-order valence-electron chi connectivity index (χ4n) is 1.54. The van der Waals surface area contributed by atoms with Crippen LogP contribution < -0.4 is 11.1 Å². The molecule has 2 aromatic rings. The molecule has 0 saturated heterocycles. The first-order valence-corrected chi connectivity index (χ1v) is 5.89. The maximum absolute atomic E-state index is 5.79. The molecule has 3 N–H and O–H groups in total. The summed E-state index contributed by atoms with van der Waals surface area (Å²) < 4.78 is 10.9. The Balaban J connectivity index is 1.85. The predicted octanol–water partition coefficient (Wildman–Crippen LogP) is 2.41. The molecule has 0 atom stereocenters. The van der Waals surface area contributed by atoms with Gasteiger partial charge in [0, 0.05) is 6.54 Å². The molecule has 0 fully saturated rings. The summed E-state index contributed by atoms with van der Waals surface area (Å²) in [6.07, 6.45) is 2.69. The Hall–Kier alpha value is -2.01. The molecule has 0 aliphatic carbocycles. The van der Waals surface area contributed by atoms with Crippen LogP contribution in [0.1, 0.15) is 6.42 Å². The molecule has 1 aromatic heterocycles. The van der Waals surface area contributed by atoms with Gasteiger partial charge in [-0.15, -0.1) is 6.58 Å². The molecule has 0 unspecified atom stereocenters. The number of anilines is 2. The zero-order valence-electron chi connectivity index (χ0n) is 10.2. The molecule has 96 valence electrons. The molecule has 5 heteroatoms. The number of ether oxygens (including phenoxy) is 1. The molecule has 1 heterocycles. The summed E-state index contributed by atoms with van der Waals surface area (Å²) in [5.74, 6) is 0. The van der Waals surface area contributed by atoms with Crippen LogP contribution in [0.3, 0.4) is 0 Å². The van der Waals surface area contributed by atoms with Crippen LogP contribution >= 0.6 is 0 Å². The van der Waals surface area contributed by atoms with Crippen molar-refractivity contribution in [2.75, 3.05) is 30.8 Å². The van der Waals surface area contributed by atoms with Gasteiger partial charge < -0.3 is 20.2 Å². The van der Waals surface area contributed by atoms with Gasteiger partial charge in [-0.1, -0.05) is 12.1 Å². The molecule has 0 bridgehead atoms. The minimum absolute atomic E-state index is 0.468. The number of hydrogen-bond acceptors (Lipinski definition) is 5. The summed E-state index contributed by atoms with van der Waals surface area (Å²) in [7, 11) is 0. The minimum atomic E-state index is 0.468. The standard InChI is InChI=1S/C13H17N3O2/c1-2-3-8-17-9-7-15-13-16-12-10(14)5-4-6-11(12)18-13/h2,4-6H,1,3,7-9,14H2,(H,15,16). The van der Waals surface area contributed by atoms with Crippen LogP contribution in [-0.2, 0) is 4.74 Å². The first-order valence-electron chi connectivity index (χ1n) is 5.89. The third-order valence-electron chi connectivity index (χ3n) is 2.44. The van der Waals surface area contributed by atoms with Gasteiger partial charge in [-0.3, -0.25) is 0 Å². The van der Waals surface area contributed by atoms with Crippen molar-refractivity contribution >= 4 is 22.8 Å². The quantitative estimate of drug-likeness (QED) is 0.446. The summed E-state index contributed by atoms with van der Waals surface area (Å²) in [6.45, 7) is 5.55. The van der Waals surface area contributed by atoms with Crippen molar-refractivity contribution < 1.29 is 9.15 Å². The third-order valence-corrected chi connectivity index (χ3v) is 2.44. The van der Waals surface area contributed by atoms with Gasteiger partial charge in [-0.05, 0) is 18.6 Å². The molecule has 18 heavy (non-hydrogen) atoms. The second kappa shape index (κ2) is 6.07. The smallest absolute Gasteiger partial charge is 0.295 e. The third kappa shape index (κ3) is 3.01.